The van der Waals surface area contributed by atoms with Gasteiger partial charge in [0, 0.05) is 55.0 Å². The van der Waals surface area contributed by atoms with Gasteiger partial charge in [-0.1, -0.05) is 0 Å². The fourth-order valence-corrected chi connectivity index (χ4v) is 4.30. The van der Waals surface area contributed by atoms with E-state index in [-0.39, 0.29) is 0 Å². The number of piperazine rings is 1. The molecule has 1 fully saturated rings. The number of H-pyrrole nitrogens is 1. The first kappa shape index (κ1) is 17.2. The van der Waals surface area contributed by atoms with E-state index in [0.29, 0.717) is 31.8 Å². The Morgan fingerprint density at radius 2 is 1.92 bits per heavy atom. The van der Waals surface area contributed by atoms with Crippen molar-refractivity contribution < 1.29 is 17.4 Å². The molecule has 4 rings (SSSR count). The van der Waals surface area contributed by atoms with Gasteiger partial charge in [-0.3, -0.25) is 0 Å². The van der Waals surface area contributed by atoms with Crippen LogP contribution in [0.3, 0.4) is 0 Å². The maximum atomic E-state index is 12.4. The normalized spacial score (nSPS) is 17.9. The molecule has 1 atom stereocenters. The number of nitrogens with zero attached hydrogens (tertiary/aromatic N) is 4. The van der Waals surface area contributed by atoms with E-state index >= 15 is 0 Å². The number of hydrogen-bond donors (Lipinski definition) is 1. The second kappa shape index (κ2) is 6.51. The number of alkyl halides is 3. The van der Waals surface area contributed by atoms with Crippen LogP contribution in [0.1, 0.15) is 0 Å². The van der Waals surface area contributed by atoms with Crippen molar-refractivity contribution in [1.29, 1.82) is 0 Å². The molecule has 0 amide bonds. The Bertz CT molecular complexity index is 965. The number of pyridine rings is 2. The van der Waals surface area contributed by atoms with Crippen LogP contribution in [0.4, 0.5) is 18.9 Å². The maximum absolute atomic E-state index is 12.4. The summed E-state index contributed by atoms with van der Waals surface area (Å²) >= 11 is 0. The van der Waals surface area contributed by atoms with E-state index in [1.54, 1.807) is 12.4 Å². The van der Waals surface area contributed by atoms with Gasteiger partial charge >= 0.3 is 6.18 Å². The molecule has 1 saturated heterocycles. The minimum Gasteiger partial charge on any atom is -0.368 e. The van der Waals surface area contributed by atoms with Crippen molar-refractivity contribution >= 4 is 38.6 Å². The standard InChI is InChI=1S/C16H16F3N5OS/c17-16(18,19)10-26(25)24-7-5-23(6-8-24)13-2-4-20-12-9-22-15-11(14(12)13)1-3-21-15/h1-4,9,20H,5-8,10H2. The molecule has 1 unspecified atom stereocenters. The Kier molecular flexibility index (Phi) is 4.31. The van der Waals surface area contributed by atoms with Gasteiger partial charge in [-0.25, -0.2) is 18.5 Å². The highest BCUT2D eigenvalue weighted by Gasteiger charge is 2.34. The quantitative estimate of drug-likeness (QED) is 0.755. The maximum Gasteiger partial charge on any atom is 0.401 e. The summed E-state index contributed by atoms with van der Waals surface area (Å²) in [7, 11) is -2.03. The van der Waals surface area contributed by atoms with E-state index in [1.807, 2.05) is 18.3 Å². The molecule has 3 aromatic heterocycles. The van der Waals surface area contributed by atoms with E-state index in [4.69, 9.17) is 0 Å². The fraction of sp³-hybridized carbons (Fsp3) is 0.375. The number of anilines is 1. The van der Waals surface area contributed by atoms with E-state index in [0.717, 1.165) is 22.0 Å². The molecule has 0 saturated carbocycles. The summed E-state index contributed by atoms with van der Waals surface area (Å²) in [5.41, 5.74) is 2.50. The summed E-state index contributed by atoms with van der Waals surface area (Å²) in [6, 6.07) is 3.84. The number of aromatic amines is 1. The number of aromatic nitrogens is 3. The molecule has 1 aliphatic rings. The zero-order valence-electron chi connectivity index (χ0n) is 13.7. The molecular weight excluding hydrogens is 367 g/mol. The number of fused-ring (bicyclic) bond motifs is 3. The van der Waals surface area contributed by atoms with Crippen LogP contribution >= 0.6 is 0 Å². The van der Waals surface area contributed by atoms with Gasteiger partial charge in [-0.15, -0.1) is 0 Å². The SMILES string of the molecule is O=S(CC(F)(F)F)N1CCN(c2cc[nH]c3cnc4nccc4c23)CC1. The van der Waals surface area contributed by atoms with Gasteiger partial charge < -0.3 is 9.88 Å². The fourth-order valence-electron chi connectivity index (χ4n) is 3.27. The molecule has 0 bridgehead atoms. The first-order valence-electron chi connectivity index (χ1n) is 8.08. The van der Waals surface area contributed by atoms with Gasteiger partial charge in [-0.2, -0.15) is 13.2 Å². The predicted molar refractivity (Wildman–Crippen MR) is 94.2 cm³/mol. The van der Waals surface area contributed by atoms with Crippen molar-refractivity contribution in [3.63, 3.8) is 0 Å². The van der Waals surface area contributed by atoms with Crippen LogP contribution in [0.2, 0.25) is 0 Å². The monoisotopic (exact) mass is 383 g/mol. The number of hydrogen-bond acceptors (Lipinski definition) is 4. The summed E-state index contributed by atoms with van der Waals surface area (Å²) < 4.78 is 50.6. The molecule has 6 nitrogen and oxygen atoms in total. The summed E-state index contributed by atoms with van der Waals surface area (Å²) in [6.45, 7) is 1.63. The molecule has 0 spiro atoms. The molecule has 1 N–H and O–H groups in total. The largest absolute Gasteiger partial charge is 0.401 e. The zero-order chi connectivity index (χ0) is 18.3. The average Bonchev–Trinajstić information content (AvgIpc) is 3.09. The number of halogens is 3. The van der Waals surface area contributed by atoms with Gasteiger partial charge in [0.15, 0.2) is 5.65 Å². The minimum atomic E-state index is -4.42. The van der Waals surface area contributed by atoms with E-state index in [9.17, 15) is 17.4 Å². The van der Waals surface area contributed by atoms with Crippen molar-refractivity contribution in [2.24, 2.45) is 0 Å². The molecule has 0 radical (unpaired) electrons. The molecule has 0 aliphatic carbocycles. The summed E-state index contributed by atoms with van der Waals surface area (Å²) in [5, 5.41) is 1.91. The van der Waals surface area contributed by atoms with Crippen LogP contribution in [0, 0.1) is 0 Å². The van der Waals surface area contributed by atoms with Crippen LogP contribution in [-0.2, 0) is 11.0 Å². The zero-order valence-corrected chi connectivity index (χ0v) is 14.5. The van der Waals surface area contributed by atoms with Gasteiger partial charge in [0.1, 0.15) is 16.7 Å². The molecule has 10 heteroatoms. The highest BCUT2D eigenvalue weighted by molar-refractivity contribution is 7.82. The molecule has 0 aromatic carbocycles. The van der Waals surface area contributed by atoms with Crippen LogP contribution in [0.5, 0.6) is 0 Å². The summed E-state index contributed by atoms with van der Waals surface area (Å²) in [6.07, 6.45) is 0.821. The Morgan fingerprint density at radius 1 is 1.15 bits per heavy atom. The Hall–Kier alpha value is -2.20. The highest BCUT2D eigenvalue weighted by Crippen LogP contribution is 2.31. The second-order valence-electron chi connectivity index (χ2n) is 6.09. The first-order valence-corrected chi connectivity index (χ1v) is 9.36. The van der Waals surface area contributed by atoms with Crippen LogP contribution in [0.15, 0.2) is 30.7 Å². The highest BCUT2D eigenvalue weighted by atomic mass is 32.2. The van der Waals surface area contributed by atoms with Crippen molar-refractivity contribution in [3.05, 3.63) is 30.7 Å². The lowest BCUT2D eigenvalue weighted by atomic mass is 10.1. The van der Waals surface area contributed by atoms with Crippen LogP contribution in [-0.4, -0.2) is 61.6 Å². The Labute approximate surface area is 149 Å². The van der Waals surface area contributed by atoms with Crippen LogP contribution in [0.25, 0.3) is 21.9 Å². The van der Waals surface area contributed by atoms with Gasteiger partial charge in [-0.05, 0) is 12.1 Å². The predicted octanol–water partition coefficient (Wildman–Crippen LogP) is 2.46. The van der Waals surface area contributed by atoms with E-state index in [2.05, 4.69) is 19.9 Å². The third kappa shape index (κ3) is 3.26. The lowest BCUT2D eigenvalue weighted by Gasteiger charge is -2.35. The van der Waals surface area contributed by atoms with Crippen molar-refractivity contribution in [1.82, 2.24) is 19.3 Å². The van der Waals surface area contributed by atoms with Crippen LogP contribution < -0.4 is 4.90 Å². The lowest BCUT2D eigenvalue weighted by Crippen LogP contribution is -2.48. The minimum absolute atomic E-state index is 0.316. The molecule has 1 aliphatic heterocycles. The number of rotatable bonds is 3. The smallest absolute Gasteiger partial charge is 0.368 e. The van der Waals surface area contributed by atoms with Gasteiger partial charge in [0.2, 0.25) is 0 Å². The van der Waals surface area contributed by atoms with Crippen molar-refractivity contribution in [3.8, 4) is 0 Å². The average molecular weight is 383 g/mol. The second-order valence-corrected chi connectivity index (χ2v) is 7.54. The Balaban J connectivity index is 1.58. The first-order chi connectivity index (χ1) is 12.4. The van der Waals surface area contributed by atoms with Crippen molar-refractivity contribution in [2.75, 3.05) is 36.8 Å². The van der Waals surface area contributed by atoms with E-state index in [1.165, 1.54) is 4.31 Å². The molecule has 4 heterocycles. The third-order valence-electron chi connectivity index (χ3n) is 4.42. The van der Waals surface area contributed by atoms with Gasteiger partial charge in [0.25, 0.3) is 0 Å². The molecule has 26 heavy (non-hydrogen) atoms. The molecule has 138 valence electrons. The van der Waals surface area contributed by atoms with Gasteiger partial charge in [0.05, 0.1) is 11.7 Å². The lowest BCUT2D eigenvalue weighted by molar-refractivity contribution is -0.106. The number of nitrogens with one attached hydrogen (secondary N) is 1. The Morgan fingerprint density at radius 3 is 2.65 bits per heavy atom. The molecular formula is C16H16F3N5OS. The third-order valence-corrected chi connectivity index (χ3v) is 5.94. The summed E-state index contributed by atoms with van der Waals surface area (Å²) in [5.74, 6) is -1.29. The molecule has 3 aromatic rings. The summed E-state index contributed by atoms with van der Waals surface area (Å²) in [4.78, 5) is 13.8. The van der Waals surface area contributed by atoms with Crippen molar-refractivity contribution in [2.45, 2.75) is 6.18 Å². The topological polar surface area (TPSA) is 65.1 Å². The van der Waals surface area contributed by atoms with E-state index < -0.39 is 22.9 Å².